The fourth-order valence-corrected chi connectivity index (χ4v) is 5.92. The van der Waals surface area contributed by atoms with Crippen molar-refractivity contribution in [3.63, 3.8) is 0 Å². The summed E-state index contributed by atoms with van der Waals surface area (Å²) in [6, 6.07) is 9.20. The molecule has 1 aromatic heterocycles. The zero-order valence-corrected chi connectivity index (χ0v) is 19.3. The summed E-state index contributed by atoms with van der Waals surface area (Å²) in [5.41, 5.74) is 2.64. The number of carbonyl (C=O) groups excluding carboxylic acids is 1. The van der Waals surface area contributed by atoms with Crippen LogP contribution in [0.3, 0.4) is 0 Å². The first-order valence-corrected chi connectivity index (χ1v) is 12.7. The SMILES string of the molecule is Cc1cccc(CN2CCN(C(=O)CSc3nnc(NC4CCCCC4)s3)CC2)c1. The van der Waals surface area contributed by atoms with Crippen molar-refractivity contribution in [2.45, 2.75) is 56.0 Å². The van der Waals surface area contributed by atoms with Crippen LogP contribution in [0.1, 0.15) is 43.2 Å². The third-order valence-corrected chi connectivity index (χ3v) is 7.84. The molecule has 1 saturated heterocycles. The van der Waals surface area contributed by atoms with Crippen LogP contribution in [0.25, 0.3) is 0 Å². The molecule has 1 aromatic carbocycles. The van der Waals surface area contributed by atoms with Gasteiger partial charge >= 0.3 is 0 Å². The maximum atomic E-state index is 12.6. The van der Waals surface area contributed by atoms with Crippen LogP contribution in [0, 0.1) is 6.92 Å². The largest absolute Gasteiger partial charge is 0.357 e. The van der Waals surface area contributed by atoms with Gasteiger partial charge in [-0.05, 0) is 25.3 Å². The second-order valence-corrected chi connectivity index (χ2v) is 10.5. The van der Waals surface area contributed by atoms with E-state index in [1.165, 1.54) is 55.0 Å². The lowest BCUT2D eigenvalue weighted by molar-refractivity contribution is -0.130. The van der Waals surface area contributed by atoms with Crippen molar-refractivity contribution in [3.8, 4) is 0 Å². The highest BCUT2D eigenvalue weighted by Gasteiger charge is 2.22. The number of amides is 1. The maximum absolute atomic E-state index is 12.6. The molecule has 0 spiro atoms. The molecule has 1 N–H and O–H groups in total. The molecule has 0 radical (unpaired) electrons. The number of benzene rings is 1. The smallest absolute Gasteiger partial charge is 0.233 e. The van der Waals surface area contributed by atoms with E-state index in [1.54, 1.807) is 11.3 Å². The van der Waals surface area contributed by atoms with Crippen LogP contribution in [-0.2, 0) is 11.3 Å². The third-order valence-electron chi connectivity index (χ3n) is 5.87. The van der Waals surface area contributed by atoms with Gasteiger partial charge in [-0.3, -0.25) is 9.69 Å². The Kier molecular flexibility index (Phi) is 7.62. The molecule has 2 heterocycles. The maximum Gasteiger partial charge on any atom is 0.233 e. The summed E-state index contributed by atoms with van der Waals surface area (Å²) in [6.45, 7) is 6.55. The van der Waals surface area contributed by atoms with E-state index in [2.05, 4.69) is 51.6 Å². The molecule has 2 aromatic rings. The standard InChI is InChI=1S/C22H31N5OS2/c1-17-6-5-7-18(14-17)15-26-10-12-27(13-11-26)20(28)16-29-22-25-24-21(30-22)23-19-8-3-2-4-9-19/h5-7,14,19H,2-4,8-13,15-16H2,1H3,(H,23,24). The Morgan fingerprint density at radius 1 is 1.17 bits per heavy atom. The number of aryl methyl sites for hydroxylation is 1. The summed E-state index contributed by atoms with van der Waals surface area (Å²) in [7, 11) is 0. The number of hydrogen-bond donors (Lipinski definition) is 1. The number of piperazine rings is 1. The van der Waals surface area contributed by atoms with E-state index in [0.717, 1.165) is 42.2 Å². The molecule has 2 fully saturated rings. The average molecular weight is 446 g/mol. The van der Waals surface area contributed by atoms with E-state index >= 15 is 0 Å². The molecule has 8 heteroatoms. The molecule has 0 unspecified atom stereocenters. The van der Waals surface area contributed by atoms with Crippen molar-refractivity contribution in [2.75, 3.05) is 37.2 Å². The number of nitrogens with one attached hydrogen (secondary N) is 1. The summed E-state index contributed by atoms with van der Waals surface area (Å²) < 4.78 is 0.875. The van der Waals surface area contributed by atoms with E-state index in [0.29, 0.717) is 11.8 Å². The van der Waals surface area contributed by atoms with Crippen LogP contribution in [-0.4, -0.2) is 63.9 Å². The van der Waals surface area contributed by atoms with Gasteiger partial charge in [0, 0.05) is 38.8 Å². The number of anilines is 1. The Hall–Kier alpha value is -1.64. The van der Waals surface area contributed by atoms with E-state index in [4.69, 9.17) is 0 Å². The zero-order valence-electron chi connectivity index (χ0n) is 17.7. The average Bonchev–Trinajstić information content (AvgIpc) is 3.20. The van der Waals surface area contributed by atoms with Crippen molar-refractivity contribution < 1.29 is 4.79 Å². The minimum absolute atomic E-state index is 0.201. The summed E-state index contributed by atoms with van der Waals surface area (Å²) in [4.78, 5) is 17.1. The van der Waals surface area contributed by atoms with Crippen LogP contribution >= 0.6 is 23.1 Å². The van der Waals surface area contributed by atoms with Gasteiger partial charge < -0.3 is 10.2 Å². The number of nitrogens with zero attached hydrogens (tertiary/aromatic N) is 4. The molecular weight excluding hydrogens is 414 g/mol. The molecule has 1 aliphatic carbocycles. The normalized spacial score (nSPS) is 18.5. The van der Waals surface area contributed by atoms with Crippen molar-refractivity contribution in [1.29, 1.82) is 0 Å². The quantitative estimate of drug-likeness (QED) is 0.650. The predicted octanol–water partition coefficient (Wildman–Crippen LogP) is 4.03. The molecule has 162 valence electrons. The summed E-state index contributed by atoms with van der Waals surface area (Å²) in [5, 5.41) is 12.9. The zero-order chi connectivity index (χ0) is 20.8. The van der Waals surface area contributed by atoms with E-state index < -0.39 is 0 Å². The Morgan fingerprint density at radius 3 is 2.73 bits per heavy atom. The first kappa shape index (κ1) is 21.6. The fourth-order valence-electron chi connectivity index (χ4n) is 4.19. The van der Waals surface area contributed by atoms with Crippen LogP contribution in [0.2, 0.25) is 0 Å². The summed E-state index contributed by atoms with van der Waals surface area (Å²) >= 11 is 3.08. The lowest BCUT2D eigenvalue weighted by Gasteiger charge is -2.34. The summed E-state index contributed by atoms with van der Waals surface area (Å²) in [5.74, 6) is 0.642. The van der Waals surface area contributed by atoms with Gasteiger partial charge in [-0.1, -0.05) is 72.2 Å². The monoisotopic (exact) mass is 445 g/mol. The van der Waals surface area contributed by atoms with Crippen molar-refractivity contribution in [3.05, 3.63) is 35.4 Å². The summed E-state index contributed by atoms with van der Waals surface area (Å²) in [6.07, 6.45) is 6.38. The first-order chi connectivity index (χ1) is 14.7. The van der Waals surface area contributed by atoms with E-state index in [9.17, 15) is 4.79 Å². The topological polar surface area (TPSA) is 61.4 Å². The van der Waals surface area contributed by atoms with Gasteiger partial charge in [0.15, 0.2) is 4.34 Å². The van der Waals surface area contributed by atoms with Gasteiger partial charge in [0.2, 0.25) is 11.0 Å². The molecule has 4 rings (SSSR count). The number of aromatic nitrogens is 2. The van der Waals surface area contributed by atoms with E-state index in [1.807, 2.05) is 4.90 Å². The van der Waals surface area contributed by atoms with E-state index in [-0.39, 0.29) is 5.91 Å². The number of hydrogen-bond acceptors (Lipinski definition) is 7. The van der Waals surface area contributed by atoms with Crippen LogP contribution in [0.4, 0.5) is 5.13 Å². The van der Waals surface area contributed by atoms with Gasteiger partial charge in [0.1, 0.15) is 0 Å². The molecule has 0 atom stereocenters. The molecular formula is C22H31N5OS2. The van der Waals surface area contributed by atoms with Gasteiger partial charge in [-0.15, -0.1) is 10.2 Å². The van der Waals surface area contributed by atoms with Gasteiger partial charge in [-0.2, -0.15) is 0 Å². The van der Waals surface area contributed by atoms with Crippen molar-refractivity contribution >= 4 is 34.1 Å². The van der Waals surface area contributed by atoms with Gasteiger partial charge in [0.25, 0.3) is 0 Å². The number of thioether (sulfide) groups is 1. The highest BCUT2D eigenvalue weighted by molar-refractivity contribution is 8.01. The molecule has 30 heavy (non-hydrogen) atoms. The molecule has 6 nitrogen and oxygen atoms in total. The molecule has 1 amide bonds. The highest BCUT2D eigenvalue weighted by atomic mass is 32.2. The number of carbonyl (C=O) groups is 1. The Bertz CT molecular complexity index is 828. The van der Waals surface area contributed by atoms with Crippen molar-refractivity contribution in [2.24, 2.45) is 0 Å². The molecule has 0 bridgehead atoms. The molecule has 1 aliphatic heterocycles. The van der Waals surface area contributed by atoms with Crippen LogP contribution in [0.5, 0.6) is 0 Å². The van der Waals surface area contributed by atoms with Gasteiger partial charge in [0.05, 0.1) is 5.75 Å². The lowest BCUT2D eigenvalue weighted by Crippen LogP contribution is -2.48. The van der Waals surface area contributed by atoms with Crippen LogP contribution in [0.15, 0.2) is 28.6 Å². The van der Waals surface area contributed by atoms with Crippen LogP contribution < -0.4 is 5.32 Å². The Labute approximate surface area is 187 Å². The number of rotatable bonds is 7. The lowest BCUT2D eigenvalue weighted by atomic mass is 9.96. The minimum atomic E-state index is 0.201. The van der Waals surface area contributed by atoms with Gasteiger partial charge in [-0.25, -0.2) is 0 Å². The highest BCUT2D eigenvalue weighted by Crippen LogP contribution is 2.28. The Morgan fingerprint density at radius 2 is 1.97 bits per heavy atom. The molecule has 1 saturated carbocycles. The Balaban J connectivity index is 1.18. The molecule has 2 aliphatic rings. The minimum Gasteiger partial charge on any atom is -0.357 e. The third kappa shape index (κ3) is 6.18. The predicted molar refractivity (Wildman–Crippen MR) is 124 cm³/mol. The second kappa shape index (κ2) is 10.6. The fraction of sp³-hybridized carbons (Fsp3) is 0.591. The van der Waals surface area contributed by atoms with Crippen molar-refractivity contribution in [1.82, 2.24) is 20.0 Å². The first-order valence-electron chi connectivity index (χ1n) is 10.9. The second-order valence-electron chi connectivity index (χ2n) is 8.29.